The van der Waals surface area contributed by atoms with Gasteiger partial charge in [-0.25, -0.2) is 4.79 Å². The van der Waals surface area contributed by atoms with Gasteiger partial charge < -0.3 is 20.1 Å². The number of carboxylic acid groups (broad SMARTS) is 1. The molecular weight excluding hydrogens is 420 g/mol. The van der Waals surface area contributed by atoms with Gasteiger partial charge in [0, 0.05) is 25.6 Å². The Balaban J connectivity index is 1.33. The molecule has 0 radical (unpaired) electrons. The zero-order valence-corrected chi connectivity index (χ0v) is 19.0. The Morgan fingerprint density at radius 3 is 2.27 bits per heavy atom. The first-order valence-electron chi connectivity index (χ1n) is 11.4. The fourth-order valence-electron chi connectivity index (χ4n) is 4.81. The highest BCUT2D eigenvalue weighted by Gasteiger charge is 2.36. The molecule has 1 aliphatic carbocycles. The zero-order valence-electron chi connectivity index (χ0n) is 19.0. The molecule has 33 heavy (non-hydrogen) atoms. The smallest absolute Gasteiger partial charge is 0.407 e. The topological polar surface area (TPSA) is 95.9 Å². The average Bonchev–Trinajstić information content (AvgIpc) is 3.15. The number of carbonyl (C=O) groups excluding carboxylic acids is 2. The molecule has 1 saturated heterocycles. The minimum Gasteiger partial charge on any atom is -0.481 e. The van der Waals surface area contributed by atoms with Crippen LogP contribution in [0.4, 0.5) is 4.79 Å². The number of carbonyl (C=O) groups is 3. The number of hydrogen-bond donors (Lipinski definition) is 2. The van der Waals surface area contributed by atoms with E-state index in [9.17, 15) is 19.5 Å². The van der Waals surface area contributed by atoms with Crippen molar-refractivity contribution < 1.29 is 24.2 Å². The molecule has 2 aromatic carbocycles. The third-order valence-electron chi connectivity index (χ3n) is 6.66. The number of ether oxygens (including phenoxy) is 1. The molecule has 0 aromatic heterocycles. The predicted octanol–water partition coefficient (Wildman–Crippen LogP) is 3.87. The number of amides is 2. The van der Waals surface area contributed by atoms with E-state index in [-0.39, 0.29) is 31.5 Å². The van der Waals surface area contributed by atoms with Gasteiger partial charge in [0.25, 0.3) is 0 Å². The van der Waals surface area contributed by atoms with Gasteiger partial charge in [-0.2, -0.15) is 0 Å². The molecule has 2 amide bonds. The van der Waals surface area contributed by atoms with Crippen molar-refractivity contribution in [2.75, 3.05) is 26.2 Å². The molecule has 174 valence electrons. The van der Waals surface area contributed by atoms with Crippen LogP contribution in [0.1, 0.15) is 43.7 Å². The third kappa shape index (κ3) is 4.72. The van der Waals surface area contributed by atoms with E-state index >= 15 is 0 Å². The Kier molecular flexibility index (Phi) is 6.40. The van der Waals surface area contributed by atoms with Crippen LogP contribution in [-0.4, -0.2) is 54.2 Å². The number of piperidine rings is 1. The van der Waals surface area contributed by atoms with Crippen LogP contribution in [0.5, 0.6) is 0 Å². The molecule has 4 rings (SSSR count). The van der Waals surface area contributed by atoms with Gasteiger partial charge in [-0.15, -0.1) is 0 Å². The Bertz CT molecular complexity index is 1020. The van der Waals surface area contributed by atoms with Crippen molar-refractivity contribution in [1.82, 2.24) is 10.2 Å². The third-order valence-corrected chi connectivity index (χ3v) is 6.66. The van der Waals surface area contributed by atoms with Crippen molar-refractivity contribution in [3.8, 4) is 11.1 Å². The molecule has 1 heterocycles. The van der Waals surface area contributed by atoms with E-state index in [1.807, 2.05) is 24.3 Å². The Morgan fingerprint density at radius 2 is 1.67 bits per heavy atom. The maximum absolute atomic E-state index is 13.0. The van der Waals surface area contributed by atoms with Crippen LogP contribution < -0.4 is 5.32 Å². The van der Waals surface area contributed by atoms with Crippen molar-refractivity contribution >= 4 is 18.0 Å². The Labute approximate surface area is 193 Å². The number of likely N-dealkylation sites (tertiary alicyclic amines) is 1. The summed E-state index contributed by atoms with van der Waals surface area (Å²) in [5.41, 5.74) is 3.73. The molecule has 1 fully saturated rings. The second-order valence-corrected chi connectivity index (χ2v) is 9.49. The predicted molar refractivity (Wildman–Crippen MR) is 124 cm³/mol. The molecule has 1 unspecified atom stereocenters. The van der Waals surface area contributed by atoms with E-state index in [1.54, 1.807) is 18.7 Å². The Hall–Kier alpha value is -3.35. The van der Waals surface area contributed by atoms with Crippen LogP contribution in [0.2, 0.25) is 0 Å². The Morgan fingerprint density at radius 1 is 1.06 bits per heavy atom. The summed E-state index contributed by atoms with van der Waals surface area (Å²) < 4.78 is 5.56. The first kappa shape index (κ1) is 22.8. The van der Waals surface area contributed by atoms with E-state index in [1.165, 1.54) is 0 Å². The molecule has 7 heteroatoms. The van der Waals surface area contributed by atoms with Gasteiger partial charge in [0.2, 0.25) is 5.91 Å². The lowest BCUT2D eigenvalue weighted by Crippen LogP contribution is -2.51. The highest BCUT2D eigenvalue weighted by atomic mass is 16.5. The average molecular weight is 451 g/mol. The molecule has 7 nitrogen and oxygen atoms in total. The highest BCUT2D eigenvalue weighted by molar-refractivity contribution is 5.84. The van der Waals surface area contributed by atoms with Crippen molar-refractivity contribution in [3.63, 3.8) is 0 Å². The summed E-state index contributed by atoms with van der Waals surface area (Å²) in [6.07, 6.45) is 0.677. The van der Waals surface area contributed by atoms with Gasteiger partial charge in [0.05, 0.1) is 11.3 Å². The van der Waals surface area contributed by atoms with E-state index in [0.29, 0.717) is 19.4 Å². The summed E-state index contributed by atoms with van der Waals surface area (Å²) in [5.74, 6) is -1.60. The summed E-state index contributed by atoms with van der Waals surface area (Å²) in [6.45, 7) is 4.57. The minimum absolute atomic E-state index is 0.0286. The number of aliphatic carboxylic acids is 1. The molecule has 2 aromatic rings. The second kappa shape index (κ2) is 9.25. The highest BCUT2D eigenvalue weighted by Crippen LogP contribution is 2.44. The number of fused-ring (bicyclic) bond motifs is 3. The number of benzene rings is 2. The first-order chi connectivity index (χ1) is 15.8. The standard InChI is InChI=1S/C26H30N2O5/c1-26(2,24(31)28-13-7-8-17(14-28)23(29)30)16-27-25(32)33-15-22-20-11-5-3-9-18(20)19-10-4-6-12-21(19)22/h3-6,9-12,17,22H,7-8,13-16H2,1-2H3,(H,27,32)(H,29,30). The molecule has 1 aliphatic heterocycles. The summed E-state index contributed by atoms with van der Waals surface area (Å²) in [4.78, 5) is 38.4. The van der Waals surface area contributed by atoms with Crippen LogP contribution in [0.25, 0.3) is 11.1 Å². The summed E-state index contributed by atoms with van der Waals surface area (Å²) in [5, 5.41) is 12.0. The lowest BCUT2D eigenvalue weighted by atomic mass is 9.89. The molecule has 0 bridgehead atoms. The fourth-order valence-corrected chi connectivity index (χ4v) is 4.81. The lowest BCUT2D eigenvalue weighted by Gasteiger charge is -2.36. The van der Waals surface area contributed by atoms with E-state index in [0.717, 1.165) is 22.3 Å². The molecule has 0 saturated carbocycles. The summed E-state index contributed by atoms with van der Waals surface area (Å²) in [6, 6.07) is 16.3. The largest absolute Gasteiger partial charge is 0.481 e. The van der Waals surface area contributed by atoms with E-state index < -0.39 is 23.4 Å². The number of nitrogens with one attached hydrogen (secondary N) is 1. The quantitative estimate of drug-likeness (QED) is 0.696. The first-order valence-corrected chi connectivity index (χ1v) is 11.4. The maximum atomic E-state index is 13.0. The van der Waals surface area contributed by atoms with E-state index in [4.69, 9.17) is 4.74 Å². The SMILES string of the molecule is CC(C)(CNC(=O)OCC1c2ccccc2-c2ccccc21)C(=O)N1CCCC(C(=O)O)C1. The number of alkyl carbamates (subject to hydrolysis) is 1. The molecular formula is C26H30N2O5. The van der Waals surface area contributed by atoms with Gasteiger partial charge in [-0.05, 0) is 48.9 Å². The van der Waals surface area contributed by atoms with Crippen LogP contribution in [-0.2, 0) is 14.3 Å². The molecule has 0 spiro atoms. The van der Waals surface area contributed by atoms with Crippen molar-refractivity contribution in [2.24, 2.45) is 11.3 Å². The van der Waals surface area contributed by atoms with Crippen LogP contribution in [0, 0.1) is 11.3 Å². The van der Waals surface area contributed by atoms with Crippen molar-refractivity contribution in [3.05, 3.63) is 59.7 Å². The number of rotatable bonds is 6. The fraction of sp³-hybridized carbons (Fsp3) is 0.423. The van der Waals surface area contributed by atoms with Crippen molar-refractivity contribution in [1.29, 1.82) is 0 Å². The van der Waals surface area contributed by atoms with Gasteiger partial charge >= 0.3 is 12.1 Å². The van der Waals surface area contributed by atoms with Crippen molar-refractivity contribution in [2.45, 2.75) is 32.6 Å². The van der Waals surface area contributed by atoms with Crippen LogP contribution in [0.3, 0.4) is 0 Å². The number of nitrogens with zero attached hydrogens (tertiary/aromatic N) is 1. The van der Waals surface area contributed by atoms with Gasteiger partial charge in [0.15, 0.2) is 0 Å². The molecule has 2 N–H and O–H groups in total. The van der Waals surface area contributed by atoms with Crippen LogP contribution in [0.15, 0.2) is 48.5 Å². The lowest BCUT2D eigenvalue weighted by molar-refractivity contribution is -0.148. The number of carboxylic acids is 1. The maximum Gasteiger partial charge on any atom is 0.407 e. The monoisotopic (exact) mass is 450 g/mol. The molecule has 2 aliphatic rings. The summed E-state index contributed by atoms with van der Waals surface area (Å²) in [7, 11) is 0. The van der Waals surface area contributed by atoms with Gasteiger partial charge in [-0.3, -0.25) is 9.59 Å². The molecule has 1 atom stereocenters. The summed E-state index contributed by atoms with van der Waals surface area (Å²) >= 11 is 0. The zero-order chi connectivity index (χ0) is 23.6. The van der Waals surface area contributed by atoms with E-state index in [2.05, 4.69) is 29.6 Å². The van der Waals surface area contributed by atoms with Gasteiger partial charge in [0.1, 0.15) is 6.61 Å². The normalized spacial score (nSPS) is 17.8. The van der Waals surface area contributed by atoms with Gasteiger partial charge in [-0.1, -0.05) is 48.5 Å². The van der Waals surface area contributed by atoms with Crippen LogP contribution >= 0.6 is 0 Å². The minimum atomic E-state index is -0.873. The number of hydrogen-bond acceptors (Lipinski definition) is 4. The second-order valence-electron chi connectivity index (χ2n) is 9.49.